The van der Waals surface area contributed by atoms with Crippen molar-refractivity contribution in [1.29, 1.82) is 0 Å². The van der Waals surface area contributed by atoms with Gasteiger partial charge in [-0.2, -0.15) is 0 Å². The molecule has 0 N–H and O–H groups in total. The van der Waals surface area contributed by atoms with Crippen LogP contribution in [0.3, 0.4) is 0 Å². The minimum absolute atomic E-state index is 0.273. The number of hydrogen-bond acceptors (Lipinski definition) is 6. The van der Waals surface area contributed by atoms with E-state index in [2.05, 4.69) is 0 Å². The maximum atomic E-state index is 12.3. The van der Waals surface area contributed by atoms with E-state index in [1.165, 1.54) is 0 Å². The molecule has 0 amide bonds. The van der Waals surface area contributed by atoms with E-state index in [0.29, 0.717) is 48.0 Å². The molecule has 6 heteroatoms. The van der Waals surface area contributed by atoms with Gasteiger partial charge in [0.15, 0.2) is 23.0 Å². The van der Waals surface area contributed by atoms with Crippen LogP contribution in [-0.4, -0.2) is 41.0 Å². The number of carbonyl (C=O) groups is 1. The van der Waals surface area contributed by atoms with E-state index in [9.17, 15) is 4.79 Å². The molecular formula is C22H24O6. The van der Waals surface area contributed by atoms with E-state index in [1.807, 2.05) is 36.4 Å². The number of carbonyl (C=O) groups excluding carboxylic acids is 1. The zero-order valence-electron chi connectivity index (χ0n) is 16.5. The van der Waals surface area contributed by atoms with Crippen molar-refractivity contribution in [2.75, 3.05) is 35.0 Å². The molecule has 2 aromatic carbocycles. The van der Waals surface area contributed by atoms with Crippen LogP contribution in [0.15, 0.2) is 47.5 Å². The maximum absolute atomic E-state index is 12.3. The first-order valence-electron chi connectivity index (χ1n) is 8.89. The molecule has 148 valence electrons. The van der Waals surface area contributed by atoms with Gasteiger partial charge in [0.25, 0.3) is 0 Å². The molecule has 1 aliphatic heterocycles. The van der Waals surface area contributed by atoms with Crippen molar-refractivity contribution in [2.45, 2.75) is 12.8 Å². The van der Waals surface area contributed by atoms with Crippen LogP contribution in [0.25, 0.3) is 0 Å². The summed E-state index contributed by atoms with van der Waals surface area (Å²) in [7, 11) is 6.39. The standard InChI is InChI=1S/C22H24O6/c1-24-18-7-5-14(11-20(18)26-3)9-16-13-28-22(23)17(16)10-15-6-8-19(25-2)21(12-15)27-4/h5-8,11-12H,9-10,13H2,1-4H3. The molecule has 0 radical (unpaired) electrons. The lowest BCUT2D eigenvalue weighted by atomic mass is 9.96. The zero-order valence-corrected chi connectivity index (χ0v) is 16.5. The number of hydrogen-bond donors (Lipinski definition) is 0. The molecule has 0 aliphatic carbocycles. The summed E-state index contributed by atoms with van der Waals surface area (Å²) in [6.07, 6.45) is 1.08. The minimum atomic E-state index is -0.273. The molecule has 0 aromatic heterocycles. The molecule has 0 atom stereocenters. The van der Waals surface area contributed by atoms with Gasteiger partial charge in [0.1, 0.15) is 6.61 Å². The third-order valence-corrected chi connectivity index (χ3v) is 4.74. The van der Waals surface area contributed by atoms with Gasteiger partial charge in [-0.1, -0.05) is 12.1 Å². The summed E-state index contributed by atoms with van der Waals surface area (Å²) in [4.78, 5) is 12.3. The van der Waals surface area contributed by atoms with Crippen LogP contribution >= 0.6 is 0 Å². The van der Waals surface area contributed by atoms with Crippen molar-refractivity contribution >= 4 is 5.97 Å². The van der Waals surface area contributed by atoms with Gasteiger partial charge in [-0.3, -0.25) is 0 Å². The van der Waals surface area contributed by atoms with Gasteiger partial charge in [-0.25, -0.2) is 4.79 Å². The monoisotopic (exact) mass is 384 g/mol. The third-order valence-electron chi connectivity index (χ3n) is 4.74. The first kappa shape index (κ1) is 19.6. The van der Waals surface area contributed by atoms with Crippen LogP contribution in [0.5, 0.6) is 23.0 Å². The zero-order chi connectivity index (χ0) is 20.1. The van der Waals surface area contributed by atoms with Crippen molar-refractivity contribution in [3.63, 3.8) is 0 Å². The van der Waals surface area contributed by atoms with Gasteiger partial charge >= 0.3 is 5.97 Å². The molecule has 1 heterocycles. The highest BCUT2D eigenvalue weighted by Gasteiger charge is 2.25. The van der Waals surface area contributed by atoms with E-state index in [4.69, 9.17) is 23.7 Å². The fourth-order valence-corrected chi connectivity index (χ4v) is 3.26. The molecule has 0 saturated carbocycles. The Morgan fingerprint density at radius 3 is 1.75 bits per heavy atom. The summed E-state index contributed by atoms with van der Waals surface area (Å²) in [5.74, 6) is 2.34. The predicted molar refractivity (Wildman–Crippen MR) is 104 cm³/mol. The highest BCUT2D eigenvalue weighted by atomic mass is 16.5. The molecule has 28 heavy (non-hydrogen) atoms. The Morgan fingerprint density at radius 2 is 1.25 bits per heavy atom. The SMILES string of the molecule is COc1ccc(CC2=C(Cc3ccc(OC)c(OC)c3)C(=O)OC2)cc1OC. The van der Waals surface area contributed by atoms with Gasteiger partial charge in [0, 0.05) is 12.0 Å². The van der Waals surface area contributed by atoms with E-state index in [1.54, 1.807) is 28.4 Å². The van der Waals surface area contributed by atoms with Gasteiger partial charge < -0.3 is 23.7 Å². The molecule has 3 rings (SSSR count). The second-order valence-corrected chi connectivity index (χ2v) is 6.39. The summed E-state index contributed by atoms with van der Waals surface area (Å²) in [6, 6.07) is 11.4. The summed E-state index contributed by atoms with van der Waals surface area (Å²) in [5.41, 5.74) is 3.63. The second-order valence-electron chi connectivity index (χ2n) is 6.39. The van der Waals surface area contributed by atoms with E-state index in [-0.39, 0.29) is 5.97 Å². The lowest BCUT2D eigenvalue weighted by molar-refractivity contribution is -0.136. The fraction of sp³-hybridized carbons (Fsp3) is 0.318. The van der Waals surface area contributed by atoms with Crippen LogP contribution in [0.1, 0.15) is 11.1 Å². The molecule has 1 aliphatic rings. The van der Waals surface area contributed by atoms with Gasteiger partial charge in [-0.05, 0) is 47.4 Å². The highest BCUT2D eigenvalue weighted by Crippen LogP contribution is 2.32. The van der Waals surface area contributed by atoms with Crippen LogP contribution in [0.4, 0.5) is 0 Å². The summed E-state index contributed by atoms with van der Waals surface area (Å²) < 4.78 is 26.6. The van der Waals surface area contributed by atoms with Crippen molar-refractivity contribution < 1.29 is 28.5 Å². The predicted octanol–water partition coefficient (Wildman–Crippen LogP) is 3.36. The topological polar surface area (TPSA) is 63.2 Å². The number of cyclic esters (lactones) is 1. The Kier molecular flexibility index (Phi) is 6.09. The molecular weight excluding hydrogens is 360 g/mol. The number of esters is 1. The van der Waals surface area contributed by atoms with Crippen molar-refractivity contribution in [3.05, 3.63) is 58.7 Å². The lowest BCUT2D eigenvalue weighted by Gasteiger charge is -2.11. The summed E-state index contributed by atoms with van der Waals surface area (Å²) in [5, 5.41) is 0. The number of methoxy groups -OCH3 is 4. The second kappa shape index (κ2) is 8.69. The third kappa shape index (κ3) is 4.06. The first-order valence-corrected chi connectivity index (χ1v) is 8.89. The number of ether oxygens (including phenoxy) is 5. The van der Waals surface area contributed by atoms with Crippen molar-refractivity contribution in [3.8, 4) is 23.0 Å². The Balaban J connectivity index is 1.86. The Labute approximate surface area is 164 Å². The summed E-state index contributed by atoms with van der Waals surface area (Å²) in [6.45, 7) is 0.301. The minimum Gasteiger partial charge on any atom is -0.493 e. The normalized spacial score (nSPS) is 13.4. The van der Waals surface area contributed by atoms with Crippen molar-refractivity contribution in [1.82, 2.24) is 0 Å². The maximum Gasteiger partial charge on any atom is 0.334 e. The molecule has 0 spiro atoms. The average Bonchev–Trinajstić information content (AvgIpc) is 3.06. The van der Waals surface area contributed by atoms with E-state index >= 15 is 0 Å². The van der Waals surface area contributed by atoms with Gasteiger partial charge in [0.2, 0.25) is 0 Å². The highest BCUT2D eigenvalue weighted by molar-refractivity contribution is 5.92. The number of benzene rings is 2. The Bertz CT molecular complexity index is 900. The molecule has 6 nitrogen and oxygen atoms in total. The molecule has 2 aromatic rings. The average molecular weight is 384 g/mol. The number of rotatable bonds is 8. The van der Waals surface area contributed by atoms with E-state index < -0.39 is 0 Å². The van der Waals surface area contributed by atoms with Crippen LogP contribution in [0.2, 0.25) is 0 Å². The fourth-order valence-electron chi connectivity index (χ4n) is 3.26. The smallest absolute Gasteiger partial charge is 0.334 e. The van der Waals surface area contributed by atoms with Crippen LogP contribution in [0, 0.1) is 0 Å². The molecule has 0 saturated heterocycles. The quantitative estimate of drug-likeness (QED) is 0.651. The van der Waals surface area contributed by atoms with Crippen LogP contribution < -0.4 is 18.9 Å². The van der Waals surface area contributed by atoms with Crippen molar-refractivity contribution in [2.24, 2.45) is 0 Å². The lowest BCUT2D eigenvalue weighted by Crippen LogP contribution is -2.04. The summed E-state index contributed by atoms with van der Waals surface area (Å²) >= 11 is 0. The van der Waals surface area contributed by atoms with Crippen LogP contribution in [-0.2, 0) is 22.4 Å². The molecule has 0 bridgehead atoms. The van der Waals surface area contributed by atoms with Gasteiger partial charge in [0.05, 0.1) is 28.4 Å². The van der Waals surface area contributed by atoms with Gasteiger partial charge in [-0.15, -0.1) is 0 Å². The first-order chi connectivity index (χ1) is 13.6. The Hall–Kier alpha value is -3.15. The van der Waals surface area contributed by atoms with E-state index in [0.717, 1.165) is 16.7 Å². The largest absolute Gasteiger partial charge is 0.493 e. The Morgan fingerprint density at radius 1 is 0.750 bits per heavy atom. The molecule has 0 fully saturated rings. The molecule has 0 unspecified atom stereocenters.